The van der Waals surface area contributed by atoms with E-state index in [0.29, 0.717) is 24.4 Å². The molecule has 1 fully saturated rings. The Balaban J connectivity index is 1.77. The first-order valence-electron chi connectivity index (χ1n) is 7.38. The van der Waals surface area contributed by atoms with Crippen molar-refractivity contribution in [1.82, 2.24) is 4.90 Å². The topological polar surface area (TPSA) is 53.7 Å². The molecular formula is C17H18FNO3. The van der Waals surface area contributed by atoms with Crippen LogP contribution in [0.1, 0.15) is 23.9 Å². The molecule has 1 amide bonds. The zero-order valence-corrected chi connectivity index (χ0v) is 12.3. The molecule has 2 aromatic rings. The normalized spacial score (nSPS) is 19.4. The summed E-state index contributed by atoms with van der Waals surface area (Å²) in [5.74, 6) is 0.0408. The fourth-order valence-corrected chi connectivity index (χ4v) is 2.78. The minimum atomic E-state index is -0.427. The molecule has 0 spiro atoms. The van der Waals surface area contributed by atoms with Gasteiger partial charge in [0.2, 0.25) is 0 Å². The fraction of sp³-hybridized carbons (Fsp3) is 0.353. The number of furan rings is 1. The molecular weight excluding hydrogens is 285 g/mol. The van der Waals surface area contributed by atoms with E-state index in [0.717, 1.165) is 6.42 Å². The van der Waals surface area contributed by atoms with Gasteiger partial charge in [-0.15, -0.1) is 0 Å². The quantitative estimate of drug-likeness (QED) is 0.948. The second kappa shape index (κ2) is 5.93. The summed E-state index contributed by atoms with van der Waals surface area (Å²) < 4.78 is 19.3. The molecule has 0 bridgehead atoms. The Morgan fingerprint density at radius 3 is 2.82 bits per heavy atom. The number of benzene rings is 1. The lowest BCUT2D eigenvalue weighted by molar-refractivity contribution is 0.0732. The molecule has 1 aliphatic heterocycles. The van der Waals surface area contributed by atoms with Gasteiger partial charge in [-0.1, -0.05) is 12.1 Å². The second-order valence-electron chi connectivity index (χ2n) is 5.68. The molecule has 116 valence electrons. The highest BCUT2D eigenvalue weighted by atomic mass is 19.1. The highest BCUT2D eigenvalue weighted by Gasteiger charge is 2.31. The van der Waals surface area contributed by atoms with Crippen LogP contribution in [0.4, 0.5) is 4.39 Å². The molecule has 2 unspecified atom stereocenters. The maximum atomic E-state index is 13.7. The second-order valence-corrected chi connectivity index (χ2v) is 5.68. The zero-order chi connectivity index (χ0) is 15.7. The molecule has 4 nitrogen and oxygen atoms in total. The zero-order valence-electron chi connectivity index (χ0n) is 12.3. The van der Waals surface area contributed by atoms with E-state index in [4.69, 9.17) is 4.42 Å². The van der Waals surface area contributed by atoms with Gasteiger partial charge in [0.05, 0.1) is 11.7 Å². The summed E-state index contributed by atoms with van der Waals surface area (Å²) in [4.78, 5) is 14.1. The van der Waals surface area contributed by atoms with E-state index >= 15 is 0 Å². The Hall–Kier alpha value is -2.14. The number of carbonyl (C=O) groups excluding carboxylic acids is 1. The first kappa shape index (κ1) is 14.8. The van der Waals surface area contributed by atoms with Gasteiger partial charge in [0, 0.05) is 19.0 Å². The third kappa shape index (κ3) is 2.76. The van der Waals surface area contributed by atoms with Crippen LogP contribution in [0.25, 0.3) is 11.3 Å². The van der Waals surface area contributed by atoms with E-state index in [1.54, 1.807) is 42.2 Å². The summed E-state index contributed by atoms with van der Waals surface area (Å²) in [6.45, 7) is 2.86. The van der Waals surface area contributed by atoms with Gasteiger partial charge in [0.15, 0.2) is 5.76 Å². The first-order chi connectivity index (χ1) is 10.6. The first-order valence-corrected chi connectivity index (χ1v) is 7.38. The van der Waals surface area contributed by atoms with E-state index in [1.807, 2.05) is 0 Å². The minimum absolute atomic E-state index is 0.102. The number of amides is 1. The van der Waals surface area contributed by atoms with Crippen molar-refractivity contribution in [1.29, 1.82) is 0 Å². The minimum Gasteiger partial charge on any atom is -0.451 e. The van der Waals surface area contributed by atoms with Crippen LogP contribution < -0.4 is 0 Å². The van der Waals surface area contributed by atoms with Gasteiger partial charge in [-0.05, 0) is 37.6 Å². The van der Waals surface area contributed by atoms with E-state index in [-0.39, 0.29) is 23.4 Å². The van der Waals surface area contributed by atoms with Gasteiger partial charge in [0.25, 0.3) is 5.91 Å². The molecule has 1 aromatic carbocycles. The van der Waals surface area contributed by atoms with Gasteiger partial charge in [-0.3, -0.25) is 4.79 Å². The van der Waals surface area contributed by atoms with Crippen LogP contribution >= 0.6 is 0 Å². The van der Waals surface area contributed by atoms with Crippen molar-refractivity contribution in [2.75, 3.05) is 13.1 Å². The highest BCUT2D eigenvalue weighted by molar-refractivity contribution is 5.92. The summed E-state index contributed by atoms with van der Waals surface area (Å²) in [5, 5.41) is 9.60. The predicted octanol–water partition coefficient (Wildman–Crippen LogP) is 2.93. The number of aliphatic hydroxyl groups is 1. The number of nitrogens with zero attached hydrogens (tertiary/aromatic N) is 1. The average molecular weight is 303 g/mol. The van der Waals surface area contributed by atoms with E-state index in [9.17, 15) is 14.3 Å². The lowest BCUT2D eigenvalue weighted by Crippen LogP contribution is -2.30. The predicted molar refractivity (Wildman–Crippen MR) is 79.8 cm³/mol. The van der Waals surface area contributed by atoms with Crippen LogP contribution in [-0.2, 0) is 0 Å². The number of aliphatic hydroxyl groups excluding tert-OH is 1. The maximum Gasteiger partial charge on any atom is 0.289 e. The Kier molecular flexibility index (Phi) is 3.98. The fourth-order valence-electron chi connectivity index (χ4n) is 2.78. The van der Waals surface area contributed by atoms with E-state index in [1.165, 1.54) is 6.07 Å². The molecule has 0 radical (unpaired) electrons. The molecule has 22 heavy (non-hydrogen) atoms. The van der Waals surface area contributed by atoms with Crippen LogP contribution in [0, 0.1) is 11.7 Å². The summed E-state index contributed by atoms with van der Waals surface area (Å²) in [7, 11) is 0. The standard InChI is InChI=1S/C17H18FNO3/c1-11(20)12-8-9-19(10-12)17(21)16-7-6-15(22-16)13-4-2-3-5-14(13)18/h2-7,11-12,20H,8-10H2,1H3. The van der Waals surface area contributed by atoms with Crippen molar-refractivity contribution in [3.63, 3.8) is 0 Å². The average Bonchev–Trinajstić information content (AvgIpc) is 3.17. The monoisotopic (exact) mass is 303 g/mol. The lowest BCUT2D eigenvalue weighted by atomic mass is 10.0. The third-order valence-electron chi connectivity index (χ3n) is 4.15. The van der Waals surface area contributed by atoms with Crippen LogP contribution in [0.3, 0.4) is 0 Å². The Morgan fingerprint density at radius 2 is 2.14 bits per heavy atom. The maximum absolute atomic E-state index is 13.7. The van der Waals surface area contributed by atoms with Crippen LogP contribution in [0.2, 0.25) is 0 Å². The van der Waals surface area contributed by atoms with Gasteiger partial charge in [0.1, 0.15) is 11.6 Å². The number of rotatable bonds is 3. The molecule has 5 heteroatoms. The van der Waals surface area contributed by atoms with Crippen molar-refractivity contribution < 1.29 is 18.7 Å². The molecule has 2 atom stereocenters. The van der Waals surface area contributed by atoms with Crippen molar-refractivity contribution in [3.8, 4) is 11.3 Å². The Morgan fingerprint density at radius 1 is 1.36 bits per heavy atom. The molecule has 3 rings (SSSR count). The van der Waals surface area contributed by atoms with Crippen LogP contribution in [-0.4, -0.2) is 35.1 Å². The highest BCUT2D eigenvalue weighted by Crippen LogP contribution is 2.27. The summed E-state index contributed by atoms with van der Waals surface area (Å²) in [5.41, 5.74) is 0.338. The van der Waals surface area contributed by atoms with Crippen molar-refractivity contribution in [3.05, 3.63) is 48.0 Å². The van der Waals surface area contributed by atoms with Gasteiger partial charge < -0.3 is 14.4 Å². The number of carbonyl (C=O) groups is 1. The third-order valence-corrected chi connectivity index (χ3v) is 4.15. The van der Waals surface area contributed by atoms with Gasteiger partial charge in [-0.2, -0.15) is 0 Å². The molecule has 2 heterocycles. The molecule has 1 N–H and O–H groups in total. The van der Waals surface area contributed by atoms with Crippen molar-refractivity contribution in [2.24, 2.45) is 5.92 Å². The van der Waals surface area contributed by atoms with E-state index in [2.05, 4.69) is 0 Å². The van der Waals surface area contributed by atoms with Crippen LogP contribution in [0.5, 0.6) is 0 Å². The summed E-state index contributed by atoms with van der Waals surface area (Å²) in [6.07, 6.45) is 0.355. The number of halogens is 1. The molecule has 0 saturated carbocycles. The lowest BCUT2D eigenvalue weighted by Gasteiger charge is -2.16. The van der Waals surface area contributed by atoms with E-state index < -0.39 is 6.10 Å². The number of hydrogen-bond acceptors (Lipinski definition) is 3. The summed E-state index contributed by atoms with van der Waals surface area (Å²) in [6, 6.07) is 9.47. The van der Waals surface area contributed by atoms with Crippen molar-refractivity contribution >= 4 is 5.91 Å². The summed E-state index contributed by atoms with van der Waals surface area (Å²) >= 11 is 0. The number of likely N-dealkylation sites (tertiary alicyclic amines) is 1. The molecule has 0 aliphatic carbocycles. The molecule has 1 saturated heterocycles. The van der Waals surface area contributed by atoms with Gasteiger partial charge in [-0.25, -0.2) is 4.39 Å². The van der Waals surface area contributed by atoms with Crippen molar-refractivity contribution in [2.45, 2.75) is 19.4 Å². The smallest absolute Gasteiger partial charge is 0.289 e. The van der Waals surface area contributed by atoms with Gasteiger partial charge >= 0.3 is 0 Å². The SMILES string of the molecule is CC(O)C1CCN(C(=O)c2ccc(-c3ccccc3F)o2)C1. The Bertz CT molecular complexity index is 680. The Labute approximate surface area is 128 Å². The molecule has 1 aliphatic rings. The van der Waals surface area contributed by atoms with Crippen LogP contribution in [0.15, 0.2) is 40.8 Å². The number of hydrogen-bond donors (Lipinski definition) is 1. The largest absolute Gasteiger partial charge is 0.451 e. The molecule has 1 aromatic heterocycles.